The van der Waals surface area contributed by atoms with E-state index in [1.165, 1.54) is 18.2 Å². The number of hydrogen-bond donors (Lipinski definition) is 8. The summed E-state index contributed by atoms with van der Waals surface area (Å²) in [7, 11) is -4.23. The van der Waals surface area contributed by atoms with Gasteiger partial charge in [-0.3, -0.25) is 13.6 Å². The summed E-state index contributed by atoms with van der Waals surface area (Å²) in [6.45, 7) is 0. The van der Waals surface area contributed by atoms with Crippen LogP contribution in [0.4, 0.5) is 87.8 Å². The van der Waals surface area contributed by atoms with Gasteiger partial charge in [-0.2, -0.15) is 54.9 Å². The van der Waals surface area contributed by atoms with Crippen molar-refractivity contribution < 1.29 is 53.7 Å². The summed E-state index contributed by atoms with van der Waals surface area (Å²) >= 11 is 0.420. The monoisotopic (exact) mass is 946 g/mol. The Balaban J connectivity index is 1.35. The molecule has 24 nitrogen and oxygen atoms in total. The van der Waals surface area contributed by atoms with Crippen molar-refractivity contribution in [1.82, 2.24) is 29.4 Å². The number of hydrogen-bond acceptors (Lipinski definition) is 22. The molecule has 0 amide bonds. The summed E-state index contributed by atoms with van der Waals surface area (Å²) < 4.78 is 116. The first-order valence-electron chi connectivity index (χ1n) is 17.4. The van der Waals surface area contributed by atoms with Gasteiger partial charge < -0.3 is 27.4 Å². The van der Waals surface area contributed by atoms with E-state index in [-0.39, 0.29) is 33.9 Å². The highest BCUT2D eigenvalue weighted by atomic mass is 32.2. The zero-order chi connectivity index (χ0) is 46.6. The summed E-state index contributed by atoms with van der Waals surface area (Å²) in [4.78, 5) is 16.0. The van der Waals surface area contributed by atoms with E-state index in [0.29, 0.717) is 34.3 Å². The fourth-order valence-corrected chi connectivity index (χ4v) is 6.93. The maximum absolute atomic E-state index is 14.6. The molecule has 0 radical (unpaired) electrons. The smallest absolute Gasteiger partial charge is 0.315 e. The molecular weight excluding hydrogens is 916 g/mol. The molecule has 4 aromatic carbocycles. The molecule has 0 saturated heterocycles. The third-order valence-corrected chi connectivity index (χ3v) is 10.6. The van der Waals surface area contributed by atoms with Crippen LogP contribution in [-0.4, -0.2) is 77.3 Å². The second-order valence-electron chi connectivity index (χ2n) is 13.5. The number of benzene rings is 4. The van der Waals surface area contributed by atoms with Gasteiger partial charge in [-0.1, -0.05) is 5.04 Å². The van der Waals surface area contributed by atoms with Crippen molar-refractivity contribution in [2.75, 3.05) is 48.6 Å². The van der Waals surface area contributed by atoms with Crippen molar-refractivity contribution in [2.45, 2.75) is 14.7 Å². The third-order valence-electron chi connectivity index (χ3n) is 8.17. The van der Waals surface area contributed by atoms with E-state index in [1.54, 1.807) is 12.1 Å². The zero-order valence-electron chi connectivity index (χ0n) is 32.7. The van der Waals surface area contributed by atoms with Crippen LogP contribution >= 0.6 is 12.0 Å². The van der Waals surface area contributed by atoms with Crippen molar-refractivity contribution in [2.24, 2.45) is 20.5 Å². The first-order valence-corrected chi connectivity index (χ1v) is 21.0. The third kappa shape index (κ3) is 11.7. The van der Waals surface area contributed by atoms with Crippen LogP contribution in [-0.2, 0) is 29.6 Å². The van der Waals surface area contributed by atoms with Gasteiger partial charge in [-0.25, -0.2) is 5.26 Å². The minimum atomic E-state index is -5.17. The molecule has 334 valence electrons. The Bertz CT molecular complexity index is 3020. The largest absolute Gasteiger partial charge is 0.396 e. The lowest BCUT2D eigenvalue weighted by molar-refractivity contribution is -0.432. The van der Waals surface area contributed by atoms with Crippen LogP contribution in [0.1, 0.15) is 0 Å². The molecule has 0 atom stereocenters. The molecule has 6 rings (SSSR count). The predicted octanol–water partition coefficient (Wildman–Crippen LogP) is 7.42. The Labute approximate surface area is 363 Å². The average Bonchev–Trinajstić information content (AvgIpc) is 3.18. The molecule has 0 fully saturated rings. The molecule has 0 aliphatic heterocycles. The minimum absolute atomic E-state index is 0.0755. The predicted molar refractivity (Wildman–Crippen MR) is 224 cm³/mol. The van der Waals surface area contributed by atoms with E-state index in [4.69, 9.17) is 16.7 Å². The minimum Gasteiger partial charge on any atom is -0.396 e. The highest BCUT2D eigenvalue weighted by Crippen LogP contribution is 2.44. The standard InChI is InChI=1S/C34H30F3N15O9S3/c1-52(2,3)19-8-4-16(5-9-19)41-33-45-32(37)46-34(47-33)42-18-6-10-23(62-61-60-53)20(12-18)48-51-30-28(38)22(14-25(29(30)39)64(57,58)59)50-49-21-13-17(7-11-24(21)63(54,55)56)40-27-15-26(35)43-31(36)44-27/h4-15H,38-39H2,1-3H3,(H5-,40,41,42,43,44,45,46,47,53,54,55,56,57,58,59)/p+1. The van der Waals surface area contributed by atoms with Crippen molar-refractivity contribution in [1.29, 1.82) is 0 Å². The van der Waals surface area contributed by atoms with Crippen molar-refractivity contribution in [3.05, 3.63) is 90.9 Å². The second-order valence-corrected chi connectivity index (χ2v) is 17.1. The van der Waals surface area contributed by atoms with Gasteiger partial charge in [0.05, 0.1) is 49.5 Å². The molecule has 0 bridgehead atoms. The molecule has 0 saturated carbocycles. The van der Waals surface area contributed by atoms with E-state index in [9.17, 15) is 39.1 Å². The number of nitrogens with zero attached hydrogens (tertiary/aromatic N) is 10. The number of azo groups is 2. The first-order chi connectivity index (χ1) is 30.1. The number of nitrogen functional groups attached to an aromatic ring is 2. The van der Waals surface area contributed by atoms with Gasteiger partial charge in [0.1, 0.15) is 44.0 Å². The molecule has 0 unspecified atom stereocenters. The summed E-state index contributed by atoms with van der Waals surface area (Å²) in [5.74, 6) is -2.06. The maximum Gasteiger partial charge on any atom is 0.315 e. The van der Waals surface area contributed by atoms with Crippen LogP contribution in [0.5, 0.6) is 0 Å². The lowest BCUT2D eigenvalue weighted by Gasteiger charge is -2.23. The summed E-state index contributed by atoms with van der Waals surface area (Å²) in [6.07, 6.45) is -2.57. The Morgan fingerprint density at radius 3 is 1.83 bits per heavy atom. The van der Waals surface area contributed by atoms with Crippen molar-refractivity contribution >= 4 is 107 Å². The fraction of sp³-hybridized carbons (Fsp3) is 0.0882. The molecule has 2 heterocycles. The van der Waals surface area contributed by atoms with Gasteiger partial charge in [0.15, 0.2) is 0 Å². The number of aromatic nitrogens is 5. The van der Waals surface area contributed by atoms with Crippen LogP contribution in [0, 0.1) is 18.1 Å². The van der Waals surface area contributed by atoms with Gasteiger partial charge in [-0.05, 0) is 54.6 Å². The van der Waals surface area contributed by atoms with Gasteiger partial charge >= 0.3 is 12.2 Å². The number of nitrogens with two attached hydrogens (primary N) is 2. The van der Waals surface area contributed by atoms with E-state index in [2.05, 4.69) is 70.7 Å². The molecule has 6 aromatic rings. The summed E-state index contributed by atoms with van der Waals surface area (Å²) in [5, 5.41) is 36.3. The molecule has 10 N–H and O–H groups in total. The van der Waals surface area contributed by atoms with Crippen LogP contribution in [0.3, 0.4) is 0 Å². The summed E-state index contributed by atoms with van der Waals surface area (Å²) in [5.41, 5.74) is 10.7. The first kappa shape index (κ1) is 46.5. The Kier molecular flexibility index (Phi) is 13.6. The van der Waals surface area contributed by atoms with E-state index >= 15 is 0 Å². The van der Waals surface area contributed by atoms with Crippen LogP contribution < -0.4 is 31.9 Å². The maximum atomic E-state index is 14.6. The van der Waals surface area contributed by atoms with Crippen molar-refractivity contribution in [3.63, 3.8) is 0 Å². The van der Waals surface area contributed by atoms with Gasteiger partial charge in [-0.15, -0.1) is 24.8 Å². The Morgan fingerprint density at radius 2 is 1.20 bits per heavy atom. The molecule has 64 heavy (non-hydrogen) atoms. The highest BCUT2D eigenvalue weighted by molar-refractivity contribution is 7.94. The van der Waals surface area contributed by atoms with E-state index < -0.39 is 82.4 Å². The van der Waals surface area contributed by atoms with Crippen LogP contribution in [0.15, 0.2) is 108 Å². The molecule has 0 aliphatic rings. The molecule has 30 heteroatoms. The highest BCUT2D eigenvalue weighted by Gasteiger charge is 2.24. The number of anilines is 8. The fourth-order valence-electron chi connectivity index (χ4n) is 5.28. The molecule has 2 aromatic heterocycles. The van der Waals surface area contributed by atoms with Crippen LogP contribution in [0.2, 0.25) is 0 Å². The van der Waals surface area contributed by atoms with Gasteiger partial charge in [0.2, 0.25) is 17.8 Å². The summed E-state index contributed by atoms with van der Waals surface area (Å²) in [6, 6.07) is 15.6. The average molecular weight is 947 g/mol. The van der Waals surface area contributed by atoms with Crippen molar-refractivity contribution in [3.8, 4) is 0 Å². The zero-order valence-corrected chi connectivity index (χ0v) is 35.2. The lowest BCUT2D eigenvalue weighted by Crippen LogP contribution is -2.34. The Hall–Kier alpha value is -7.03. The number of rotatable bonds is 16. The number of quaternary nitrogens is 1. The van der Waals surface area contributed by atoms with Crippen LogP contribution in [0.25, 0.3) is 0 Å². The normalized spacial score (nSPS) is 12.3. The number of halogens is 3. The van der Waals surface area contributed by atoms with Gasteiger partial charge in [0.25, 0.3) is 20.2 Å². The molecular formula is C34H31F3N15O9S3+. The topological polar surface area (TPSA) is 349 Å². The SMILES string of the molecule is C[N+](C)(C)c1ccc(Nc2nc(F)nc(Nc3ccc(SOOO)c(N=Nc4c(N)c(N=Nc5cc(Nc6cc(F)nc(F)n6)ccc5S(=O)(=O)O)cc(S(=O)(=O)O)c4N)c3)n2)cc1. The quantitative estimate of drug-likeness (QED) is 0.00538. The Morgan fingerprint density at radius 1 is 0.641 bits per heavy atom. The van der Waals surface area contributed by atoms with E-state index in [0.717, 1.165) is 23.9 Å². The molecule has 0 spiro atoms. The van der Waals surface area contributed by atoms with E-state index in [1.807, 2.05) is 33.3 Å². The number of nitrogens with one attached hydrogen (secondary N) is 3. The second kappa shape index (κ2) is 18.8. The molecule has 0 aliphatic carbocycles. The van der Waals surface area contributed by atoms with Gasteiger partial charge in [0, 0.05) is 35.3 Å². The lowest BCUT2D eigenvalue weighted by atomic mass is 10.2.